The second kappa shape index (κ2) is 5.65. The SMILES string of the molecule is Cc1cc(-c2ccc3ncccc3c2)cc(-c2ccccn2)c1. The topological polar surface area (TPSA) is 25.8 Å². The molecule has 2 nitrogen and oxygen atoms in total. The highest BCUT2D eigenvalue weighted by Crippen LogP contribution is 2.28. The van der Waals surface area contributed by atoms with Crippen molar-refractivity contribution in [2.75, 3.05) is 0 Å². The van der Waals surface area contributed by atoms with Gasteiger partial charge in [-0.1, -0.05) is 24.3 Å². The van der Waals surface area contributed by atoms with E-state index in [1.165, 1.54) is 16.7 Å². The summed E-state index contributed by atoms with van der Waals surface area (Å²) >= 11 is 0. The van der Waals surface area contributed by atoms with Gasteiger partial charge in [-0.2, -0.15) is 0 Å². The van der Waals surface area contributed by atoms with Crippen molar-refractivity contribution in [3.05, 3.63) is 84.7 Å². The maximum absolute atomic E-state index is 4.46. The first kappa shape index (κ1) is 13.6. The molecule has 0 aliphatic heterocycles. The molecule has 23 heavy (non-hydrogen) atoms. The molecule has 2 heteroatoms. The first-order chi connectivity index (χ1) is 11.3. The molecule has 0 bridgehead atoms. The van der Waals surface area contributed by atoms with Crippen LogP contribution in [0.1, 0.15) is 5.56 Å². The van der Waals surface area contributed by atoms with Crippen molar-refractivity contribution in [3.63, 3.8) is 0 Å². The Hall–Kier alpha value is -3.00. The minimum atomic E-state index is 1.000. The van der Waals surface area contributed by atoms with E-state index in [-0.39, 0.29) is 0 Å². The van der Waals surface area contributed by atoms with Crippen molar-refractivity contribution in [1.29, 1.82) is 0 Å². The molecular weight excluding hydrogens is 280 g/mol. The largest absolute Gasteiger partial charge is 0.256 e. The molecule has 0 amide bonds. The van der Waals surface area contributed by atoms with Gasteiger partial charge >= 0.3 is 0 Å². The maximum Gasteiger partial charge on any atom is 0.0702 e. The van der Waals surface area contributed by atoms with Crippen LogP contribution in [0.4, 0.5) is 0 Å². The molecular formula is C21H16N2. The Kier molecular flexibility index (Phi) is 3.35. The first-order valence-electron chi connectivity index (χ1n) is 7.68. The van der Waals surface area contributed by atoms with Gasteiger partial charge in [0.25, 0.3) is 0 Å². The van der Waals surface area contributed by atoms with Gasteiger partial charge in [-0.15, -0.1) is 0 Å². The minimum Gasteiger partial charge on any atom is -0.256 e. The third-order valence-electron chi connectivity index (χ3n) is 3.97. The number of hydrogen-bond acceptors (Lipinski definition) is 2. The summed E-state index contributed by atoms with van der Waals surface area (Å²) < 4.78 is 0. The predicted molar refractivity (Wildman–Crippen MR) is 95.1 cm³/mol. The van der Waals surface area contributed by atoms with Gasteiger partial charge in [0.15, 0.2) is 0 Å². The van der Waals surface area contributed by atoms with Crippen LogP contribution in [0.3, 0.4) is 0 Å². The van der Waals surface area contributed by atoms with Crippen molar-refractivity contribution < 1.29 is 0 Å². The lowest BCUT2D eigenvalue weighted by atomic mass is 9.97. The van der Waals surface area contributed by atoms with Crippen LogP contribution in [0.5, 0.6) is 0 Å². The summed E-state index contributed by atoms with van der Waals surface area (Å²) in [5.74, 6) is 0. The number of pyridine rings is 2. The first-order valence-corrected chi connectivity index (χ1v) is 7.68. The van der Waals surface area contributed by atoms with Gasteiger partial charge in [0, 0.05) is 23.3 Å². The van der Waals surface area contributed by atoms with E-state index in [2.05, 4.69) is 59.4 Å². The van der Waals surface area contributed by atoms with Gasteiger partial charge in [0.2, 0.25) is 0 Å². The van der Waals surface area contributed by atoms with Gasteiger partial charge in [-0.3, -0.25) is 9.97 Å². The molecule has 2 aromatic carbocycles. The normalized spacial score (nSPS) is 10.8. The maximum atomic E-state index is 4.46. The Balaban J connectivity index is 1.86. The standard InChI is InChI=1S/C21H16N2/c1-15-11-18(14-19(12-15)20-6-2-3-9-22-20)16-7-8-21-17(13-16)5-4-10-23-21/h2-14H,1H3. The highest BCUT2D eigenvalue weighted by atomic mass is 14.7. The summed E-state index contributed by atoms with van der Waals surface area (Å²) in [7, 11) is 0. The van der Waals surface area contributed by atoms with Gasteiger partial charge < -0.3 is 0 Å². The van der Waals surface area contributed by atoms with Gasteiger partial charge in [0.05, 0.1) is 11.2 Å². The summed E-state index contributed by atoms with van der Waals surface area (Å²) in [4.78, 5) is 8.85. The molecule has 0 radical (unpaired) electrons. The number of aromatic nitrogens is 2. The van der Waals surface area contributed by atoms with Crippen LogP contribution in [0.15, 0.2) is 79.1 Å². The Morgan fingerprint density at radius 1 is 0.652 bits per heavy atom. The molecule has 4 rings (SSSR count). The summed E-state index contributed by atoms with van der Waals surface area (Å²) in [6.45, 7) is 2.12. The fourth-order valence-electron chi connectivity index (χ4n) is 2.89. The Morgan fingerprint density at radius 2 is 1.52 bits per heavy atom. The van der Waals surface area contributed by atoms with Crippen LogP contribution >= 0.6 is 0 Å². The number of hydrogen-bond donors (Lipinski definition) is 0. The Labute approximate surface area is 135 Å². The number of nitrogens with zero attached hydrogens (tertiary/aromatic N) is 2. The zero-order valence-electron chi connectivity index (χ0n) is 12.9. The lowest BCUT2D eigenvalue weighted by Crippen LogP contribution is -1.87. The van der Waals surface area contributed by atoms with Crippen LogP contribution < -0.4 is 0 Å². The van der Waals surface area contributed by atoms with Crippen LogP contribution in [-0.4, -0.2) is 9.97 Å². The summed E-state index contributed by atoms with van der Waals surface area (Å²) in [5, 5.41) is 1.16. The van der Waals surface area contributed by atoms with E-state index in [1.807, 2.05) is 36.7 Å². The van der Waals surface area contributed by atoms with Crippen molar-refractivity contribution in [3.8, 4) is 22.4 Å². The van der Waals surface area contributed by atoms with Crippen molar-refractivity contribution >= 4 is 10.9 Å². The van der Waals surface area contributed by atoms with Crippen LogP contribution in [0.2, 0.25) is 0 Å². The van der Waals surface area contributed by atoms with E-state index in [1.54, 1.807) is 0 Å². The van der Waals surface area contributed by atoms with E-state index < -0.39 is 0 Å². The molecule has 2 heterocycles. The smallest absolute Gasteiger partial charge is 0.0702 e. The van der Waals surface area contributed by atoms with Gasteiger partial charge in [-0.05, 0) is 66.1 Å². The molecule has 0 saturated carbocycles. The second-order valence-electron chi connectivity index (χ2n) is 5.71. The molecule has 110 valence electrons. The quantitative estimate of drug-likeness (QED) is 0.503. The highest BCUT2D eigenvalue weighted by Gasteiger charge is 2.05. The van der Waals surface area contributed by atoms with E-state index in [0.29, 0.717) is 0 Å². The number of aryl methyl sites for hydroxylation is 1. The van der Waals surface area contributed by atoms with E-state index in [0.717, 1.165) is 22.2 Å². The molecule has 0 spiro atoms. The van der Waals surface area contributed by atoms with E-state index in [4.69, 9.17) is 0 Å². The third-order valence-corrected chi connectivity index (χ3v) is 3.97. The molecule has 0 saturated heterocycles. The summed E-state index contributed by atoms with van der Waals surface area (Å²) in [6.07, 6.45) is 3.66. The van der Waals surface area contributed by atoms with E-state index >= 15 is 0 Å². The van der Waals surface area contributed by atoms with Crippen LogP contribution in [-0.2, 0) is 0 Å². The number of benzene rings is 2. The Morgan fingerprint density at radius 3 is 2.39 bits per heavy atom. The van der Waals surface area contributed by atoms with Crippen molar-refractivity contribution in [2.45, 2.75) is 6.92 Å². The third kappa shape index (κ3) is 2.71. The highest BCUT2D eigenvalue weighted by molar-refractivity contribution is 5.85. The molecule has 0 N–H and O–H groups in total. The minimum absolute atomic E-state index is 1.000. The Bertz CT molecular complexity index is 975. The summed E-state index contributed by atoms with van der Waals surface area (Å²) in [6, 6.07) is 23.1. The molecule has 0 unspecified atom stereocenters. The number of rotatable bonds is 2. The molecule has 4 aromatic rings. The van der Waals surface area contributed by atoms with Crippen molar-refractivity contribution in [2.24, 2.45) is 0 Å². The molecule has 0 aliphatic rings. The van der Waals surface area contributed by atoms with E-state index in [9.17, 15) is 0 Å². The average Bonchev–Trinajstić information content (AvgIpc) is 2.61. The molecule has 0 aliphatic carbocycles. The van der Waals surface area contributed by atoms with Crippen LogP contribution in [0, 0.1) is 6.92 Å². The molecule has 2 aromatic heterocycles. The zero-order valence-corrected chi connectivity index (χ0v) is 12.9. The predicted octanol–water partition coefficient (Wildman–Crippen LogP) is 5.27. The van der Waals surface area contributed by atoms with Crippen LogP contribution in [0.25, 0.3) is 33.3 Å². The van der Waals surface area contributed by atoms with Gasteiger partial charge in [-0.25, -0.2) is 0 Å². The molecule has 0 fully saturated rings. The zero-order chi connectivity index (χ0) is 15.6. The summed E-state index contributed by atoms with van der Waals surface area (Å²) in [5.41, 5.74) is 6.80. The lowest BCUT2D eigenvalue weighted by molar-refractivity contribution is 1.32. The average molecular weight is 296 g/mol. The molecule has 0 atom stereocenters. The lowest BCUT2D eigenvalue weighted by Gasteiger charge is -2.09. The fraction of sp³-hybridized carbons (Fsp3) is 0.0476. The monoisotopic (exact) mass is 296 g/mol. The van der Waals surface area contributed by atoms with Gasteiger partial charge in [0.1, 0.15) is 0 Å². The second-order valence-corrected chi connectivity index (χ2v) is 5.71. The fourth-order valence-corrected chi connectivity index (χ4v) is 2.89. The van der Waals surface area contributed by atoms with Crippen molar-refractivity contribution in [1.82, 2.24) is 9.97 Å². The number of fused-ring (bicyclic) bond motifs is 1.